The Balaban J connectivity index is 1.05. The Kier molecular flexibility index (Phi) is 9.37. The molecule has 1 aromatic heterocycles. The van der Waals surface area contributed by atoms with Gasteiger partial charge in [0.25, 0.3) is 6.71 Å². The van der Waals surface area contributed by atoms with Gasteiger partial charge in [-0.1, -0.05) is 207 Å². The van der Waals surface area contributed by atoms with E-state index >= 15 is 0 Å². The molecule has 9 aromatic carbocycles. The minimum Gasteiger partial charge on any atom is -0.356 e. The lowest BCUT2D eigenvalue weighted by Crippen LogP contribution is -2.61. The zero-order chi connectivity index (χ0) is 44.7. The molecule has 317 valence electrons. The molecule has 0 atom stereocenters. The van der Waals surface area contributed by atoms with Crippen molar-refractivity contribution in [3.8, 4) is 5.69 Å². The van der Waals surface area contributed by atoms with Crippen molar-refractivity contribution < 1.29 is 0 Å². The summed E-state index contributed by atoms with van der Waals surface area (Å²) in [6.45, 7) is 11.7. The zero-order valence-electron chi connectivity index (χ0n) is 38.2. The second-order valence-electron chi connectivity index (χ2n) is 19.4. The number of anilines is 4. The molecule has 5 heteroatoms. The van der Waals surface area contributed by atoms with E-state index in [1.54, 1.807) is 0 Å². The zero-order valence-corrected chi connectivity index (χ0v) is 39.2. The lowest BCUT2D eigenvalue weighted by molar-refractivity contribution is 0.641. The first-order valence-corrected chi connectivity index (χ1v) is 24.8. The van der Waals surface area contributed by atoms with E-state index < -0.39 is 8.80 Å². The number of nitrogens with zero attached hydrogens (tertiary/aromatic N) is 1. The van der Waals surface area contributed by atoms with E-state index in [0.717, 1.165) is 17.1 Å². The first kappa shape index (κ1) is 40.2. The molecule has 0 unspecified atom stereocenters. The minimum absolute atomic E-state index is 0.0647. The maximum absolute atomic E-state index is 4.02. The summed E-state index contributed by atoms with van der Waals surface area (Å²) in [5.41, 5.74) is 18.2. The largest absolute Gasteiger partial charge is 0.356 e. The summed E-state index contributed by atoms with van der Waals surface area (Å²) < 4.78 is 2.50. The van der Waals surface area contributed by atoms with Crippen LogP contribution >= 0.6 is 0 Å². The van der Waals surface area contributed by atoms with Crippen LogP contribution in [0.4, 0.5) is 22.7 Å². The second-order valence-corrected chi connectivity index (χ2v) is 21.9. The number of rotatable bonds is 8. The molecule has 0 saturated carbocycles. The molecule has 66 heavy (non-hydrogen) atoms. The van der Waals surface area contributed by atoms with Gasteiger partial charge in [-0.05, 0) is 94.1 Å². The molecule has 0 saturated heterocycles. The third-order valence-electron chi connectivity index (χ3n) is 14.7. The normalized spacial score (nSPS) is 13.0. The molecule has 2 N–H and O–H groups in total. The van der Waals surface area contributed by atoms with Crippen molar-refractivity contribution in [1.29, 1.82) is 0 Å². The number of nitrogens with one attached hydrogen (secondary N) is 2. The van der Waals surface area contributed by atoms with Crippen molar-refractivity contribution in [2.24, 2.45) is 0 Å². The van der Waals surface area contributed by atoms with Gasteiger partial charge in [0, 0.05) is 44.4 Å². The van der Waals surface area contributed by atoms with E-state index in [9.17, 15) is 0 Å². The summed E-state index contributed by atoms with van der Waals surface area (Å²) in [6.07, 6.45) is 0. The van der Waals surface area contributed by atoms with Gasteiger partial charge >= 0.3 is 0 Å². The summed E-state index contributed by atoms with van der Waals surface area (Å²) in [5.74, 6) is 0. The van der Waals surface area contributed by atoms with Gasteiger partial charge in [0.2, 0.25) is 0 Å². The topological polar surface area (TPSA) is 29.0 Å². The maximum Gasteiger partial charge on any atom is 0.252 e. The lowest BCUT2D eigenvalue weighted by atomic mass is 9.33. The Labute approximate surface area is 390 Å². The average molecular weight is 865 g/mol. The van der Waals surface area contributed by atoms with E-state index in [1.807, 2.05) is 0 Å². The first-order chi connectivity index (χ1) is 32.1. The molecule has 2 aliphatic rings. The van der Waals surface area contributed by atoms with Crippen LogP contribution in [0, 0.1) is 6.92 Å². The molecule has 12 rings (SSSR count). The predicted molar refractivity (Wildman–Crippen MR) is 284 cm³/mol. The molecule has 0 bridgehead atoms. The molecule has 0 aliphatic carbocycles. The average Bonchev–Trinajstić information content (AvgIpc) is 3.68. The van der Waals surface area contributed by atoms with E-state index in [0.29, 0.717) is 0 Å². The number of hydrogen-bond donors (Lipinski definition) is 2. The van der Waals surface area contributed by atoms with E-state index in [4.69, 9.17) is 0 Å². The Morgan fingerprint density at radius 3 is 1.36 bits per heavy atom. The number of aromatic nitrogens is 1. The highest BCUT2D eigenvalue weighted by atomic mass is 28.3. The highest BCUT2D eigenvalue weighted by molar-refractivity contribution is 7.01. The Morgan fingerprint density at radius 2 is 0.864 bits per heavy atom. The molecule has 0 spiro atoms. The van der Waals surface area contributed by atoms with Gasteiger partial charge in [-0.3, -0.25) is 0 Å². The molecule has 1 radical (unpaired) electrons. The molecule has 10 aromatic rings. The summed E-state index contributed by atoms with van der Waals surface area (Å²) in [7, 11) is -1.27. The molecule has 0 fully saturated rings. The van der Waals surface area contributed by atoms with Crippen molar-refractivity contribution in [3.05, 3.63) is 234 Å². The number of fused-ring (bicyclic) bond motifs is 7. The van der Waals surface area contributed by atoms with Crippen LogP contribution in [0.25, 0.3) is 27.5 Å². The molecule has 3 heterocycles. The van der Waals surface area contributed by atoms with E-state index in [-0.39, 0.29) is 17.5 Å². The first-order valence-electron chi connectivity index (χ1n) is 23.3. The molecule has 3 nitrogen and oxygen atoms in total. The second kappa shape index (κ2) is 15.4. The van der Waals surface area contributed by atoms with Crippen molar-refractivity contribution in [3.63, 3.8) is 0 Å². The Hall–Kier alpha value is -7.34. The quantitative estimate of drug-likeness (QED) is 0.118. The van der Waals surface area contributed by atoms with Gasteiger partial charge in [0.15, 0.2) is 8.80 Å². The molecular weight excluding hydrogens is 814 g/mol. The van der Waals surface area contributed by atoms with Gasteiger partial charge in [0.1, 0.15) is 0 Å². The number of hydrogen-bond acceptors (Lipinski definition) is 2. The van der Waals surface area contributed by atoms with Crippen LogP contribution in [0.3, 0.4) is 0 Å². The fourth-order valence-corrected chi connectivity index (χ4v) is 13.6. The molecule has 0 amide bonds. The van der Waals surface area contributed by atoms with Gasteiger partial charge < -0.3 is 15.2 Å². The summed E-state index contributed by atoms with van der Waals surface area (Å²) >= 11 is 0. The van der Waals surface area contributed by atoms with Gasteiger partial charge in [-0.15, -0.1) is 0 Å². The van der Waals surface area contributed by atoms with Crippen LogP contribution in [0.1, 0.15) is 55.5 Å². The summed E-state index contributed by atoms with van der Waals surface area (Å²) in [5, 5.41) is 14.7. The van der Waals surface area contributed by atoms with Crippen molar-refractivity contribution in [2.75, 3.05) is 10.6 Å². The van der Waals surface area contributed by atoms with Crippen LogP contribution in [-0.2, 0) is 10.8 Å². The highest BCUT2D eigenvalue weighted by Gasteiger charge is 2.39. The van der Waals surface area contributed by atoms with Gasteiger partial charge in [-0.25, -0.2) is 0 Å². The van der Waals surface area contributed by atoms with Crippen LogP contribution in [0.5, 0.6) is 0 Å². The summed E-state index contributed by atoms with van der Waals surface area (Å²) in [6, 6.07) is 77.3. The van der Waals surface area contributed by atoms with Gasteiger partial charge in [-0.2, -0.15) is 0 Å². The number of aryl methyl sites for hydroxylation is 1. The predicted octanol–water partition coefficient (Wildman–Crippen LogP) is 10.9. The molecule has 2 aliphatic heterocycles. The fourth-order valence-electron chi connectivity index (χ4n) is 11.0. The van der Waals surface area contributed by atoms with Crippen LogP contribution < -0.4 is 42.6 Å². The number of benzene rings is 9. The third-order valence-corrected chi connectivity index (χ3v) is 17.5. The highest BCUT2D eigenvalue weighted by Crippen LogP contribution is 2.42. The van der Waals surface area contributed by atoms with Gasteiger partial charge in [0.05, 0.1) is 16.7 Å². The van der Waals surface area contributed by atoms with E-state index in [2.05, 4.69) is 256 Å². The van der Waals surface area contributed by atoms with E-state index in [1.165, 1.54) is 92.9 Å². The standard InChI is InChI=1S/C61H51BN3Si/c1-40-26-30-53-51(34-40)62-52-39-48(66(46-22-14-8-15-23-46)47-24-16-9-17-25-47)29-31-54(52)64-56-38-45(37-55(63-53)59(56)62)65-57-32-27-43(60(2,3)41-18-10-6-11-19-41)35-49(57)50-36-44(28-33-58(50)65)61(4,5)42-20-12-7-13-21-42/h6-39,63-64H,1-5H3. The molecular formula is C61H51BN3Si. The lowest BCUT2D eigenvalue weighted by Gasteiger charge is -2.36. The monoisotopic (exact) mass is 864 g/mol. The summed E-state index contributed by atoms with van der Waals surface area (Å²) in [4.78, 5) is 0. The minimum atomic E-state index is -1.27. The van der Waals surface area contributed by atoms with Crippen molar-refractivity contribution in [1.82, 2.24) is 4.57 Å². The third kappa shape index (κ3) is 6.47. The smallest absolute Gasteiger partial charge is 0.252 e. The Morgan fingerprint density at radius 1 is 0.409 bits per heavy atom. The SMILES string of the molecule is Cc1ccc2c(c1)B1c3cc([Si](c4ccccc4)c4ccccc4)ccc3Nc3cc(-n4c5ccc(C(C)(C)c6ccccc6)cc5c5cc(C(C)(C)c6ccccc6)ccc54)cc(c31)N2. The maximum atomic E-state index is 4.02. The van der Waals surface area contributed by atoms with Crippen molar-refractivity contribution in [2.45, 2.75) is 45.4 Å². The van der Waals surface area contributed by atoms with Crippen LogP contribution in [0.2, 0.25) is 0 Å². The van der Waals surface area contributed by atoms with Crippen LogP contribution in [-0.4, -0.2) is 20.1 Å². The Bertz CT molecular complexity index is 3320. The van der Waals surface area contributed by atoms with Crippen LogP contribution in [0.15, 0.2) is 206 Å². The fraction of sp³-hybridized carbons (Fsp3) is 0.115. The van der Waals surface area contributed by atoms with Crippen molar-refractivity contribution >= 4 is 92.0 Å².